The van der Waals surface area contributed by atoms with Crippen LogP contribution < -0.4 is 0 Å². The van der Waals surface area contributed by atoms with E-state index in [4.69, 9.17) is 8.94 Å². The molecule has 3 aromatic heterocycles. The maximum absolute atomic E-state index is 9.21. The van der Waals surface area contributed by atoms with Gasteiger partial charge in [-0.25, -0.2) is 0 Å². The Labute approximate surface area is 152 Å². The second-order valence-electron chi connectivity index (χ2n) is 5.25. The van der Waals surface area contributed by atoms with E-state index in [9.17, 15) is 5.11 Å². The van der Waals surface area contributed by atoms with Crippen LogP contribution in [0.15, 0.2) is 62.8 Å². The summed E-state index contributed by atoms with van der Waals surface area (Å²) >= 11 is 1.30. The van der Waals surface area contributed by atoms with E-state index in [1.54, 1.807) is 12.3 Å². The largest absolute Gasteiger partial charge is 0.410 e. The van der Waals surface area contributed by atoms with Crippen molar-refractivity contribution in [2.45, 2.75) is 17.6 Å². The molecule has 9 heteroatoms. The van der Waals surface area contributed by atoms with E-state index in [0.717, 1.165) is 11.1 Å². The molecule has 0 spiro atoms. The SMILES string of the molecule is OCc1cccc(-c2noc(CSc3nnc(-c4ccccn4)o3)n2)c1. The van der Waals surface area contributed by atoms with Crippen molar-refractivity contribution in [1.82, 2.24) is 25.3 Å². The lowest BCUT2D eigenvalue weighted by atomic mass is 10.1. The fraction of sp³-hybridized carbons (Fsp3) is 0.118. The van der Waals surface area contributed by atoms with Crippen LogP contribution in [0.3, 0.4) is 0 Å². The number of benzene rings is 1. The Bertz CT molecular complexity index is 1000. The molecule has 1 N–H and O–H groups in total. The molecule has 0 fully saturated rings. The van der Waals surface area contributed by atoms with E-state index in [0.29, 0.717) is 34.3 Å². The molecule has 0 atom stereocenters. The summed E-state index contributed by atoms with van der Waals surface area (Å²) in [6.45, 7) is -0.0375. The van der Waals surface area contributed by atoms with Crippen molar-refractivity contribution in [3.05, 3.63) is 60.1 Å². The number of aliphatic hydroxyl groups is 1. The number of hydrogen-bond acceptors (Lipinski definition) is 9. The van der Waals surface area contributed by atoms with Crippen LogP contribution in [0.25, 0.3) is 23.0 Å². The van der Waals surface area contributed by atoms with E-state index in [1.165, 1.54) is 11.8 Å². The van der Waals surface area contributed by atoms with Crippen LogP contribution in [0.4, 0.5) is 0 Å². The molecule has 1 aromatic carbocycles. The second kappa shape index (κ2) is 7.46. The second-order valence-corrected chi connectivity index (χ2v) is 6.17. The zero-order chi connectivity index (χ0) is 17.8. The molecule has 0 radical (unpaired) electrons. The van der Waals surface area contributed by atoms with E-state index in [1.807, 2.05) is 36.4 Å². The van der Waals surface area contributed by atoms with Crippen molar-refractivity contribution in [3.8, 4) is 23.0 Å². The third-order valence-corrected chi connectivity index (χ3v) is 4.25. The zero-order valence-corrected chi connectivity index (χ0v) is 14.3. The average molecular weight is 367 g/mol. The molecule has 8 nitrogen and oxygen atoms in total. The van der Waals surface area contributed by atoms with Gasteiger partial charge in [-0.2, -0.15) is 4.98 Å². The van der Waals surface area contributed by atoms with Crippen LogP contribution >= 0.6 is 11.8 Å². The van der Waals surface area contributed by atoms with Gasteiger partial charge in [-0.15, -0.1) is 10.2 Å². The van der Waals surface area contributed by atoms with Gasteiger partial charge >= 0.3 is 0 Å². The summed E-state index contributed by atoms with van der Waals surface area (Å²) in [5.74, 6) is 1.67. The highest BCUT2D eigenvalue weighted by molar-refractivity contribution is 7.98. The first-order valence-corrected chi connectivity index (χ1v) is 8.71. The molecule has 0 aliphatic carbocycles. The van der Waals surface area contributed by atoms with E-state index in [2.05, 4.69) is 25.3 Å². The highest BCUT2D eigenvalue weighted by Gasteiger charge is 2.13. The Balaban J connectivity index is 1.43. The first kappa shape index (κ1) is 16.4. The third kappa shape index (κ3) is 3.63. The van der Waals surface area contributed by atoms with Crippen LogP contribution in [0.2, 0.25) is 0 Å². The standard InChI is InChI=1S/C17H13N5O3S/c23-9-11-4-3-5-12(8-11)15-19-14(25-22-15)10-26-17-21-20-16(24-17)13-6-1-2-7-18-13/h1-8,23H,9-10H2. The Morgan fingerprint density at radius 1 is 1.08 bits per heavy atom. The predicted octanol–water partition coefficient (Wildman–Crippen LogP) is 2.97. The zero-order valence-electron chi connectivity index (χ0n) is 13.4. The third-order valence-electron chi connectivity index (χ3n) is 3.45. The first-order valence-electron chi connectivity index (χ1n) is 7.72. The quantitative estimate of drug-likeness (QED) is 0.514. The van der Waals surface area contributed by atoms with Gasteiger partial charge in [-0.3, -0.25) is 4.98 Å². The van der Waals surface area contributed by atoms with E-state index >= 15 is 0 Å². The van der Waals surface area contributed by atoms with E-state index < -0.39 is 0 Å². The molecule has 0 saturated carbocycles. The van der Waals surface area contributed by atoms with Crippen LogP contribution in [0.1, 0.15) is 11.5 Å². The Hall–Kier alpha value is -3.04. The average Bonchev–Trinajstić information content (AvgIpc) is 3.37. The van der Waals surface area contributed by atoms with Gasteiger partial charge in [0.1, 0.15) is 5.69 Å². The minimum atomic E-state index is -0.0375. The lowest BCUT2D eigenvalue weighted by Gasteiger charge is -1.97. The number of aliphatic hydroxyl groups excluding tert-OH is 1. The lowest BCUT2D eigenvalue weighted by Crippen LogP contribution is -1.86. The predicted molar refractivity (Wildman–Crippen MR) is 92.7 cm³/mol. The molecule has 4 rings (SSSR count). The number of hydrogen-bond donors (Lipinski definition) is 1. The molecule has 26 heavy (non-hydrogen) atoms. The number of rotatable bonds is 6. The highest BCUT2D eigenvalue weighted by Crippen LogP contribution is 2.25. The fourth-order valence-corrected chi connectivity index (χ4v) is 2.82. The maximum atomic E-state index is 9.21. The molecular formula is C17H13N5O3S. The molecule has 0 saturated heterocycles. The topological polar surface area (TPSA) is 111 Å². The summed E-state index contributed by atoms with van der Waals surface area (Å²) < 4.78 is 10.8. The van der Waals surface area contributed by atoms with Crippen molar-refractivity contribution in [2.75, 3.05) is 0 Å². The number of pyridine rings is 1. The van der Waals surface area contributed by atoms with Crippen LogP contribution in [0, 0.1) is 0 Å². The van der Waals surface area contributed by atoms with Crippen molar-refractivity contribution in [2.24, 2.45) is 0 Å². The summed E-state index contributed by atoms with van der Waals surface area (Å²) in [5.41, 5.74) is 2.19. The molecule has 0 unspecified atom stereocenters. The van der Waals surface area contributed by atoms with Crippen LogP contribution in [-0.4, -0.2) is 30.4 Å². The molecule has 0 amide bonds. The number of aromatic nitrogens is 5. The maximum Gasteiger partial charge on any atom is 0.277 e. The van der Waals surface area contributed by atoms with E-state index in [-0.39, 0.29) is 6.61 Å². The molecule has 3 heterocycles. The van der Waals surface area contributed by atoms with Gasteiger partial charge in [0.2, 0.25) is 11.7 Å². The van der Waals surface area contributed by atoms with Crippen molar-refractivity contribution >= 4 is 11.8 Å². The summed E-state index contributed by atoms with van der Waals surface area (Å²) in [6.07, 6.45) is 1.66. The minimum absolute atomic E-state index is 0.0375. The summed E-state index contributed by atoms with van der Waals surface area (Å²) in [5, 5.41) is 21.5. The van der Waals surface area contributed by atoms with Gasteiger partial charge in [-0.05, 0) is 23.8 Å². The van der Waals surface area contributed by atoms with Gasteiger partial charge in [0.25, 0.3) is 11.1 Å². The molecule has 0 aliphatic heterocycles. The number of thioether (sulfide) groups is 1. The van der Waals surface area contributed by atoms with Crippen molar-refractivity contribution in [1.29, 1.82) is 0 Å². The molecule has 130 valence electrons. The first-order chi connectivity index (χ1) is 12.8. The normalized spacial score (nSPS) is 11.0. The van der Waals surface area contributed by atoms with Gasteiger partial charge in [-0.1, -0.05) is 41.2 Å². The fourth-order valence-electron chi connectivity index (χ4n) is 2.22. The summed E-state index contributed by atoms with van der Waals surface area (Å²) in [6, 6.07) is 12.8. The van der Waals surface area contributed by atoms with Gasteiger partial charge in [0.05, 0.1) is 12.4 Å². The lowest BCUT2D eigenvalue weighted by molar-refractivity contribution is 0.282. The Morgan fingerprint density at radius 3 is 2.88 bits per heavy atom. The molecule has 4 aromatic rings. The highest BCUT2D eigenvalue weighted by atomic mass is 32.2. The van der Waals surface area contributed by atoms with Gasteiger partial charge < -0.3 is 14.0 Å². The van der Waals surface area contributed by atoms with Gasteiger partial charge in [0.15, 0.2) is 0 Å². The van der Waals surface area contributed by atoms with Crippen molar-refractivity contribution in [3.63, 3.8) is 0 Å². The smallest absolute Gasteiger partial charge is 0.277 e. The Kier molecular flexibility index (Phi) is 4.71. The van der Waals surface area contributed by atoms with Crippen LogP contribution in [-0.2, 0) is 12.4 Å². The summed E-state index contributed by atoms with van der Waals surface area (Å²) in [7, 11) is 0. The van der Waals surface area contributed by atoms with Gasteiger partial charge in [0, 0.05) is 11.8 Å². The van der Waals surface area contributed by atoms with Crippen molar-refractivity contribution < 1.29 is 14.0 Å². The molecule has 0 aliphatic rings. The molecular weight excluding hydrogens is 354 g/mol. The van der Waals surface area contributed by atoms with Crippen LogP contribution in [0.5, 0.6) is 0 Å². The summed E-state index contributed by atoms with van der Waals surface area (Å²) in [4.78, 5) is 8.52. The number of nitrogens with zero attached hydrogens (tertiary/aromatic N) is 5. The monoisotopic (exact) mass is 367 g/mol. The minimum Gasteiger partial charge on any atom is -0.410 e. The molecule has 0 bridgehead atoms. The Morgan fingerprint density at radius 2 is 2.04 bits per heavy atom.